The number of hydrogen-bond donors (Lipinski definition) is 0. The highest BCUT2D eigenvalue weighted by Gasteiger charge is 2.19. The number of benzene rings is 1. The summed E-state index contributed by atoms with van der Waals surface area (Å²) in [4.78, 5) is 4.60. The average Bonchev–Trinajstić information content (AvgIpc) is 2.79. The predicted molar refractivity (Wildman–Crippen MR) is 88.9 cm³/mol. The third kappa shape index (κ3) is 3.21. The van der Waals surface area contributed by atoms with Gasteiger partial charge in [0.2, 0.25) is 0 Å². The number of rotatable bonds is 4. The third-order valence-corrected chi connectivity index (χ3v) is 5.45. The molecular weight excluding hydrogens is 307 g/mol. The van der Waals surface area contributed by atoms with Crippen molar-refractivity contribution in [1.82, 2.24) is 9.55 Å². The molecule has 1 fully saturated rings. The first kappa shape index (κ1) is 15.2. The molecule has 0 spiro atoms. The minimum absolute atomic E-state index is 0.182. The minimum atomic E-state index is -0.182. The zero-order valence-electron chi connectivity index (χ0n) is 12.2. The summed E-state index contributed by atoms with van der Waals surface area (Å²) in [5.74, 6) is 4.54. The number of thioether (sulfide) groups is 1. The second-order valence-electron chi connectivity index (χ2n) is 5.72. The van der Waals surface area contributed by atoms with Crippen molar-refractivity contribution in [3.8, 4) is 0 Å². The standard InChI is InChI=1S/C16H20ClFN2S/c1-11-8-15-14(9-13(11)18)19-16(2-5-17)20(15)10-12-3-6-21-7-4-12/h8-9,12H,2-7,10H2,1H3. The minimum Gasteiger partial charge on any atom is -0.328 e. The summed E-state index contributed by atoms with van der Waals surface area (Å²) in [6, 6.07) is 3.47. The summed E-state index contributed by atoms with van der Waals surface area (Å²) >= 11 is 7.95. The van der Waals surface area contributed by atoms with Crippen molar-refractivity contribution >= 4 is 34.4 Å². The quantitative estimate of drug-likeness (QED) is 0.775. The van der Waals surface area contributed by atoms with Gasteiger partial charge in [0.15, 0.2) is 0 Å². The number of halogens is 2. The molecule has 114 valence electrons. The van der Waals surface area contributed by atoms with Crippen LogP contribution in [0.4, 0.5) is 4.39 Å². The van der Waals surface area contributed by atoms with E-state index in [0.717, 1.165) is 29.8 Å². The Balaban J connectivity index is 2.00. The van der Waals surface area contributed by atoms with E-state index in [-0.39, 0.29) is 5.82 Å². The second kappa shape index (κ2) is 6.57. The Bertz CT molecular complexity index is 635. The number of nitrogens with zero attached hydrogens (tertiary/aromatic N) is 2. The zero-order chi connectivity index (χ0) is 14.8. The molecule has 3 rings (SSSR count). The number of aromatic nitrogens is 2. The number of fused-ring (bicyclic) bond motifs is 1. The van der Waals surface area contributed by atoms with Crippen LogP contribution in [-0.2, 0) is 13.0 Å². The lowest BCUT2D eigenvalue weighted by molar-refractivity contribution is 0.416. The maximum absolute atomic E-state index is 13.8. The Labute approximate surface area is 134 Å². The lowest BCUT2D eigenvalue weighted by Gasteiger charge is -2.23. The second-order valence-corrected chi connectivity index (χ2v) is 7.33. The first-order valence-electron chi connectivity index (χ1n) is 7.48. The molecule has 0 atom stereocenters. The van der Waals surface area contributed by atoms with Gasteiger partial charge in [-0.1, -0.05) is 0 Å². The van der Waals surface area contributed by atoms with Crippen LogP contribution in [0.5, 0.6) is 0 Å². The van der Waals surface area contributed by atoms with Crippen LogP contribution in [0, 0.1) is 18.7 Å². The number of aryl methyl sites for hydroxylation is 2. The van der Waals surface area contributed by atoms with Crippen LogP contribution in [0.1, 0.15) is 24.2 Å². The molecule has 1 aromatic carbocycles. The van der Waals surface area contributed by atoms with Gasteiger partial charge >= 0.3 is 0 Å². The van der Waals surface area contributed by atoms with E-state index < -0.39 is 0 Å². The summed E-state index contributed by atoms with van der Waals surface area (Å²) in [6.07, 6.45) is 3.24. The number of hydrogen-bond acceptors (Lipinski definition) is 2. The molecule has 1 saturated heterocycles. The summed E-state index contributed by atoms with van der Waals surface area (Å²) in [5.41, 5.74) is 2.48. The van der Waals surface area contributed by atoms with E-state index in [0.29, 0.717) is 17.4 Å². The van der Waals surface area contributed by atoms with Gasteiger partial charge in [0, 0.05) is 24.9 Å². The molecule has 5 heteroatoms. The topological polar surface area (TPSA) is 17.8 Å². The van der Waals surface area contributed by atoms with Gasteiger partial charge in [0.05, 0.1) is 11.0 Å². The van der Waals surface area contributed by atoms with E-state index in [2.05, 4.69) is 9.55 Å². The van der Waals surface area contributed by atoms with Crippen molar-refractivity contribution in [2.45, 2.75) is 32.7 Å². The molecule has 1 aliphatic heterocycles. The number of alkyl halides is 1. The molecule has 0 radical (unpaired) electrons. The van der Waals surface area contributed by atoms with E-state index in [1.54, 1.807) is 6.07 Å². The summed E-state index contributed by atoms with van der Waals surface area (Å²) in [5, 5.41) is 0. The lowest BCUT2D eigenvalue weighted by Crippen LogP contribution is -2.18. The highest BCUT2D eigenvalue weighted by atomic mass is 35.5. The Kier molecular flexibility index (Phi) is 4.75. The first-order valence-corrected chi connectivity index (χ1v) is 9.17. The molecule has 1 aliphatic rings. The van der Waals surface area contributed by atoms with Crippen molar-refractivity contribution in [3.63, 3.8) is 0 Å². The highest BCUT2D eigenvalue weighted by Crippen LogP contribution is 2.27. The Morgan fingerprint density at radius 3 is 2.86 bits per heavy atom. The molecule has 2 aromatic rings. The van der Waals surface area contributed by atoms with E-state index in [1.807, 2.05) is 24.8 Å². The molecule has 0 aliphatic carbocycles. The van der Waals surface area contributed by atoms with Crippen LogP contribution in [0.3, 0.4) is 0 Å². The number of imidazole rings is 1. The Morgan fingerprint density at radius 1 is 1.38 bits per heavy atom. The largest absolute Gasteiger partial charge is 0.328 e. The normalized spacial score (nSPS) is 16.7. The van der Waals surface area contributed by atoms with Crippen LogP contribution in [0.25, 0.3) is 11.0 Å². The molecule has 2 heterocycles. The maximum Gasteiger partial charge on any atom is 0.128 e. The average molecular weight is 327 g/mol. The van der Waals surface area contributed by atoms with Gasteiger partial charge in [-0.05, 0) is 48.8 Å². The van der Waals surface area contributed by atoms with Crippen LogP contribution in [0.15, 0.2) is 12.1 Å². The monoisotopic (exact) mass is 326 g/mol. The van der Waals surface area contributed by atoms with E-state index in [1.165, 1.54) is 24.3 Å². The SMILES string of the molecule is Cc1cc2c(cc1F)nc(CCCl)n2CC1CCSCC1. The maximum atomic E-state index is 13.8. The van der Waals surface area contributed by atoms with Crippen LogP contribution < -0.4 is 0 Å². The Hall–Kier alpha value is -0.740. The molecule has 0 bridgehead atoms. The first-order chi connectivity index (χ1) is 10.2. The van der Waals surface area contributed by atoms with Crippen LogP contribution >= 0.6 is 23.4 Å². The molecule has 2 nitrogen and oxygen atoms in total. The van der Waals surface area contributed by atoms with Crippen molar-refractivity contribution in [3.05, 3.63) is 29.3 Å². The van der Waals surface area contributed by atoms with Gasteiger partial charge in [0.25, 0.3) is 0 Å². The van der Waals surface area contributed by atoms with E-state index >= 15 is 0 Å². The molecule has 0 amide bonds. The molecule has 1 aromatic heterocycles. The highest BCUT2D eigenvalue weighted by molar-refractivity contribution is 7.99. The van der Waals surface area contributed by atoms with Crippen molar-refractivity contribution in [1.29, 1.82) is 0 Å². The molecule has 21 heavy (non-hydrogen) atoms. The fourth-order valence-electron chi connectivity index (χ4n) is 2.97. The van der Waals surface area contributed by atoms with Gasteiger partial charge < -0.3 is 4.57 Å². The van der Waals surface area contributed by atoms with Crippen molar-refractivity contribution in [2.24, 2.45) is 5.92 Å². The molecule has 0 unspecified atom stereocenters. The lowest BCUT2D eigenvalue weighted by atomic mass is 10.0. The summed E-state index contributed by atoms with van der Waals surface area (Å²) in [6.45, 7) is 2.79. The predicted octanol–water partition coefficient (Wildman–Crippen LogP) is 4.41. The molecular formula is C16H20ClFN2S. The van der Waals surface area contributed by atoms with Gasteiger partial charge in [-0.25, -0.2) is 9.37 Å². The third-order valence-electron chi connectivity index (χ3n) is 4.21. The fourth-order valence-corrected chi connectivity index (χ4v) is 4.34. The molecule has 0 saturated carbocycles. The van der Waals surface area contributed by atoms with E-state index in [9.17, 15) is 4.39 Å². The smallest absolute Gasteiger partial charge is 0.128 e. The van der Waals surface area contributed by atoms with Crippen molar-refractivity contribution in [2.75, 3.05) is 17.4 Å². The summed E-state index contributed by atoms with van der Waals surface area (Å²) in [7, 11) is 0. The van der Waals surface area contributed by atoms with Gasteiger partial charge in [-0.2, -0.15) is 11.8 Å². The van der Waals surface area contributed by atoms with Gasteiger partial charge in [0.1, 0.15) is 11.6 Å². The van der Waals surface area contributed by atoms with E-state index in [4.69, 9.17) is 11.6 Å². The Morgan fingerprint density at radius 2 is 2.14 bits per heavy atom. The summed E-state index contributed by atoms with van der Waals surface area (Å²) < 4.78 is 16.0. The van der Waals surface area contributed by atoms with Gasteiger partial charge in [-0.3, -0.25) is 0 Å². The molecule has 0 N–H and O–H groups in total. The van der Waals surface area contributed by atoms with Crippen LogP contribution in [0.2, 0.25) is 0 Å². The fraction of sp³-hybridized carbons (Fsp3) is 0.562. The van der Waals surface area contributed by atoms with Gasteiger partial charge in [-0.15, -0.1) is 11.6 Å². The van der Waals surface area contributed by atoms with Crippen molar-refractivity contribution < 1.29 is 4.39 Å². The zero-order valence-corrected chi connectivity index (χ0v) is 13.8. The van der Waals surface area contributed by atoms with Crippen LogP contribution in [-0.4, -0.2) is 26.9 Å².